The number of urea groups is 1. The lowest BCUT2D eigenvalue weighted by Gasteiger charge is -2.32. The van der Waals surface area contributed by atoms with Crippen LogP contribution >= 0.6 is 11.5 Å². The molecule has 1 saturated heterocycles. The first-order chi connectivity index (χ1) is 11.2. The molecule has 0 unspecified atom stereocenters. The molecule has 0 aliphatic carbocycles. The smallest absolute Gasteiger partial charge is 0.322 e. The van der Waals surface area contributed by atoms with Crippen LogP contribution in [0.5, 0.6) is 5.75 Å². The maximum atomic E-state index is 12.1. The highest BCUT2D eigenvalue weighted by Crippen LogP contribution is 2.21. The van der Waals surface area contributed by atoms with Gasteiger partial charge in [-0.15, -0.1) is 5.10 Å². The molecule has 0 spiro atoms. The largest absolute Gasteiger partial charge is 0.490 e. The van der Waals surface area contributed by atoms with Crippen molar-refractivity contribution in [2.75, 3.05) is 18.4 Å². The maximum absolute atomic E-state index is 12.1. The van der Waals surface area contributed by atoms with E-state index in [1.807, 2.05) is 6.07 Å². The first-order valence-electron chi connectivity index (χ1n) is 7.25. The molecule has 3 rings (SSSR count). The average molecular weight is 329 g/mol. The molecule has 0 bridgehead atoms. The zero-order valence-corrected chi connectivity index (χ0v) is 13.1. The van der Waals surface area contributed by atoms with E-state index in [2.05, 4.69) is 21.0 Å². The molecule has 1 aliphatic heterocycles. The van der Waals surface area contributed by atoms with Gasteiger partial charge in [0.25, 0.3) is 0 Å². The van der Waals surface area contributed by atoms with Gasteiger partial charge in [0.05, 0.1) is 17.8 Å². The van der Waals surface area contributed by atoms with Crippen LogP contribution in [0.4, 0.5) is 9.80 Å². The van der Waals surface area contributed by atoms with Crippen molar-refractivity contribution in [2.24, 2.45) is 0 Å². The van der Waals surface area contributed by atoms with Gasteiger partial charge in [0.2, 0.25) is 0 Å². The molecule has 7 nitrogen and oxygen atoms in total. The van der Waals surface area contributed by atoms with Crippen molar-refractivity contribution < 1.29 is 9.53 Å². The molecule has 1 fully saturated rings. The summed E-state index contributed by atoms with van der Waals surface area (Å²) < 4.78 is 9.61. The third-order valence-electron chi connectivity index (χ3n) is 3.59. The summed E-state index contributed by atoms with van der Waals surface area (Å²) in [7, 11) is 0. The van der Waals surface area contributed by atoms with Gasteiger partial charge in [0, 0.05) is 37.5 Å². The first kappa shape index (κ1) is 15.2. The van der Waals surface area contributed by atoms with E-state index in [1.54, 1.807) is 23.1 Å². The number of anilines is 1. The molecule has 118 valence electrons. The number of nitrogens with zero attached hydrogens (tertiary/aromatic N) is 4. The standard InChI is InChI=1S/C15H15N5O2S/c16-9-11-2-1-3-13(8-11)22-12-4-6-20(7-5-12)15(21)18-14-10-17-19-23-14/h1-3,8,10,12H,4-7H2,(H,18,21). The summed E-state index contributed by atoms with van der Waals surface area (Å²) in [4.78, 5) is 13.9. The van der Waals surface area contributed by atoms with E-state index >= 15 is 0 Å². The molecule has 2 amide bonds. The fourth-order valence-corrected chi connectivity index (χ4v) is 2.82. The Balaban J connectivity index is 1.50. The minimum absolute atomic E-state index is 0.0538. The van der Waals surface area contributed by atoms with Crippen LogP contribution in [0, 0.1) is 11.3 Å². The number of ether oxygens (including phenoxy) is 1. The summed E-state index contributed by atoms with van der Waals surface area (Å²) in [6.07, 6.45) is 3.09. The van der Waals surface area contributed by atoms with Gasteiger partial charge in [0.15, 0.2) is 0 Å². The Morgan fingerprint density at radius 3 is 2.96 bits per heavy atom. The van der Waals surface area contributed by atoms with Crippen molar-refractivity contribution in [1.82, 2.24) is 14.5 Å². The zero-order valence-electron chi connectivity index (χ0n) is 12.3. The predicted molar refractivity (Wildman–Crippen MR) is 85.3 cm³/mol. The maximum Gasteiger partial charge on any atom is 0.322 e. The molecule has 0 atom stereocenters. The predicted octanol–water partition coefficient (Wildman–Crippen LogP) is 2.49. The Bertz CT molecular complexity index is 705. The Hall–Kier alpha value is -2.66. The van der Waals surface area contributed by atoms with Gasteiger partial charge in [-0.3, -0.25) is 5.32 Å². The minimum atomic E-state index is -0.138. The van der Waals surface area contributed by atoms with Crippen molar-refractivity contribution >= 4 is 22.6 Å². The fourth-order valence-electron chi connectivity index (χ4n) is 2.41. The second-order valence-electron chi connectivity index (χ2n) is 5.16. The van der Waals surface area contributed by atoms with Gasteiger partial charge in [0.1, 0.15) is 16.9 Å². The number of carbonyl (C=O) groups excluding carboxylic acids is 1. The molecular formula is C15H15N5O2S. The molecule has 23 heavy (non-hydrogen) atoms. The van der Waals surface area contributed by atoms with Crippen LogP contribution in [0.2, 0.25) is 0 Å². The SMILES string of the molecule is N#Cc1cccc(OC2CCN(C(=O)Nc3cnns3)CC2)c1. The van der Waals surface area contributed by atoms with E-state index < -0.39 is 0 Å². The molecule has 1 aromatic carbocycles. The highest BCUT2D eigenvalue weighted by Gasteiger charge is 2.24. The fraction of sp³-hybridized carbons (Fsp3) is 0.333. The van der Waals surface area contributed by atoms with Crippen LogP contribution in [0.15, 0.2) is 30.5 Å². The normalized spacial score (nSPS) is 15.0. The van der Waals surface area contributed by atoms with Crippen LogP contribution in [-0.2, 0) is 0 Å². The molecule has 1 N–H and O–H groups in total. The number of likely N-dealkylation sites (tertiary alicyclic amines) is 1. The zero-order chi connectivity index (χ0) is 16.1. The van der Waals surface area contributed by atoms with E-state index in [0.29, 0.717) is 29.4 Å². The Kier molecular flexibility index (Phi) is 4.68. The number of carbonyl (C=O) groups is 1. The molecule has 2 heterocycles. The Morgan fingerprint density at radius 2 is 2.26 bits per heavy atom. The van der Waals surface area contributed by atoms with Crippen LogP contribution in [0.25, 0.3) is 0 Å². The summed E-state index contributed by atoms with van der Waals surface area (Å²) in [5.41, 5.74) is 0.581. The minimum Gasteiger partial charge on any atom is -0.490 e. The number of piperidine rings is 1. The second-order valence-corrected chi connectivity index (χ2v) is 5.94. The summed E-state index contributed by atoms with van der Waals surface area (Å²) in [6.45, 7) is 1.25. The number of hydrogen-bond donors (Lipinski definition) is 1. The van der Waals surface area contributed by atoms with Crippen LogP contribution in [-0.4, -0.2) is 39.7 Å². The van der Waals surface area contributed by atoms with Crippen LogP contribution < -0.4 is 10.1 Å². The second kappa shape index (κ2) is 7.07. The lowest BCUT2D eigenvalue weighted by molar-refractivity contribution is 0.115. The van der Waals surface area contributed by atoms with E-state index in [9.17, 15) is 4.79 Å². The van der Waals surface area contributed by atoms with Gasteiger partial charge >= 0.3 is 6.03 Å². The number of nitrogens with one attached hydrogen (secondary N) is 1. The van der Waals surface area contributed by atoms with E-state index in [-0.39, 0.29) is 12.1 Å². The quantitative estimate of drug-likeness (QED) is 0.934. The molecule has 8 heteroatoms. The number of hydrogen-bond acceptors (Lipinski definition) is 6. The molecule has 2 aromatic rings. The summed E-state index contributed by atoms with van der Waals surface area (Å²) in [5.74, 6) is 0.697. The Labute approximate surface area is 137 Å². The molecule has 0 radical (unpaired) electrons. The number of benzene rings is 1. The van der Waals surface area contributed by atoms with Gasteiger partial charge in [-0.1, -0.05) is 10.6 Å². The molecular weight excluding hydrogens is 314 g/mol. The molecule has 0 saturated carbocycles. The topological polar surface area (TPSA) is 91.1 Å². The summed E-state index contributed by atoms with van der Waals surface area (Å²) in [5, 5.41) is 16.0. The highest BCUT2D eigenvalue weighted by atomic mass is 32.1. The monoisotopic (exact) mass is 329 g/mol. The van der Waals surface area contributed by atoms with Crippen molar-refractivity contribution in [1.29, 1.82) is 5.26 Å². The van der Waals surface area contributed by atoms with Gasteiger partial charge in [-0.25, -0.2) is 4.79 Å². The third kappa shape index (κ3) is 3.96. The third-order valence-corrected chi connectivity index (χ3v) is 4.17. The van der Waals surface area contributed by atoms with Crippen molar-refractivity contribution in [2.45, 2.75) is 18.9 Å². The average Bonchev–Trinajstić information content (AvgIpc) is 3.08. The van der Waals surface area contributed by atoms with E-state index in [1.165, 1.54) is 6.20 Å². The number of aromatic nitrogens is 2. The van der Waals surface area contributed by atoms with Gasteiger partial charge in [-0.2, -0.15) is 5.26 Å². The number of rotatable bonds is 3. The Morgan fingerprint density at radius 1 is 1.43 bits per heavy atom. The van der Waals surface area contributed by atoms with Crippen molar-refractivity contribution in [3.05, 3.63) is 36.0 Å². The summed E-state index contributed by atoms with van der Waals surface area (Å²) >= 11 is 1.15. The molecule has 1 aliphatic rings. The van der Waals surface area contributed by atoms with Gasteiger partial charge < -0.3 is 9.64 Å². The van der Waals surface area contributed by atoms with E-state index in [4.69, 9.17) is 10.00 Å². The van der Waals surface area contributed by atoms with Crippen LogP contribution in [0.3, 0.4) is 0 Å². The van der Waals surface area contributed by atoms with Crippen molar-refractivity contribution in [3.8, 4) is 11.8 Å². The lowest BCUT2D eigenvalue weighted by Crippen LogP contribution is -2.43. The van der Waals surface area contributed by atoms with Crippen LogP contribution in [0.1, 0.15) is 18.4 Å². The number of amides is 2. The first-order valence-corrected chi connectivity index (χ1v) is 8.02. The lowest BCUT2D eigenvalue weighted by atomic mass is 10.1. The van der Waals surface area contributed by atoms with Crippen molar-refractivity contribution in [3.63, 3.8) is 0 Å². The van der Waals surface area contributed by atoms with Gasteiger partial charge in [-0.05, 0) is 18.2 Å². The summed E-state index contributed by atoms with van der Waals surface area (Å²) in [6, 6.07) is 9.08. The molecule has 1 aromatic heterocycles. The number of nitriles is 1. The van der Waals surface area contributed by atoms with E-state index in [0.717, 1.165) is 24.4 Å². The highest BCUT2D eigenvalue weighted by molar-refractivity contribution is 7.10.